The molecule has 4 heteroatoms. The van der Waals surface area contributed by atoms with E-state index in [-0.39, 0.29) is 0 Å². The summed E-state index contributed by atoms with van der Waals surface area (Å²) in [6, 6.07) is 0.582. The van der Waals surface area contributed by atoms with Crippen molar-refractivity contribution in [2.24, 2.45) is 0 Å². The number of hydrogen-bond acceptors (Lipinski definition) is 4. The molecule has 1 unspecified atom stereocenters. The van der Waals surface area contributed by atoms with Gasteiger partial charge in [-0.3, -0.25) is 4.90 Å². The molecule has 1 aliphatic heterocycles. The third kappa shape index (κ3) is 4.42. The highest BCUT2D eigenvalue weighted by Crippen LogP contribution is 2.29. The topological polar surface area (TPSA) is 39.3 Å². The Morgan fingerprint density at radius 2 is 1.50 bits per heavy atom. The van der Waals surface area contributed by atoms with E-state index >= 15 is 0 Å². The number of nitrogens with zero attached hydrogens (tertiary/aromatic N) is 1. The first-order valence-corrected chi connectivity index (χ1v) is 8.64. The molecule has 0 aromatic carbocycles. The highest BCUT2D eigenvalue weighted by molar-refractivity contribution is 4.98. The van der Waals surface area contributed by atoms with Crippen molar-refractivity contribution in [2.75, 3.05) is 45.8 Å². The van der Waals surface area contributed by atoms with Crippen molar-refractivity contribution in [3.8, 4) is 0 Å². The molecule has 120 valence electrons. The molecule has 4 nitrogen and oxygen atoms in total. The first-order chi connectivity index (χ1) is 9.75. The molecule has 1 heterocycles. The van der Waals surface area contributed by atoms with Crippen LogP contribution in [0, 0.1) is 0 Å². The summed E-state index contributed by atoms with van der Waals surface area (Å²) in [6.07, 6.45) is 3.64. The normalized spacial score (nSPS) is 26.7. The fraction of sp³-hybridized carbons (Fsp3) is 1.00. The van der Waals surface area contributed by atoms with Crippen LogP contribution in [0.3, 0.4) is 0 Å². The molecule has 3 N–H and O–H groups in total. The molecule has 0 radical (unpaired) electrons. The van der Waals surface area contributed by atoms with Crippen LogP contribution in [0.1, 0.15) is 47.0 Å². The summed E-state index contributed by atoms with van der Waals surface area (Å²) in [6.45, 7) is 17.0. The maximum Gasteiger partial charge on any atom is 0.0357 e. The maximum atomic E-state index is 3.82. The summed E-state index contributed by atoms with van der Waals surface area (Å²) in [4.78, 5) is 2.70. The van der Waals surface area contributed by atoms with Gasteiger partial charge in [-0.15, -0.1) is 0 Å². The summed E-state index contributed by atoms with van der Waals surface area (Å²) in [5.74, 6) is 0. The highest BCUT2D eigenvalue weighted by Gasteiger charge is 2.38. The van der Waals surface area contributed by atoms with E-state index in [4.69, 9.17) is 0 Å². The van der Waals surface area contributed by atoms with Gasteiger partial charge in [0.25, 0.3) is 0 Å². The second kappa shape index (κ2) is 9.72. The minimum absolute atomic E-state index is 0.296. The minimum Gasteiger partial charge on any atom is -0.314 e. The SMILES string of the molecule is CCC1NCCNCCNCCN(CC)C1(CC)CC. The second-order valence-electron chi connectivity index (χ2n) is 5.81. The Kier molecular flexibility index (Phi) is 8.69. The van der Waals surface area contributed by atoms with Crippen molar-refractivity contribution in [1.29, 1.82) is 0 Å². The lowest BCUT2D eigenvalue weighted by Gasteiger charge is -2.48. The number of nitrogens with one attached hydrogen (secondary N) is 3. The predicted molar refractivity (Wildman–Crippen MR) is 88.4 cm³/mol. The predicted octanol–water partition coefficient (Wildman–Crippen LogP) is 1.43. The van der Waals surface area contributed by atoms with E-state index in [1.807, 2.05) is 0 Å². The molecular weight excluding hydrogens is 248 g/mol. The Hall–Kier alpha value is -0.160. The van der Waals surface area contributed by atoms with Gasteiger partial charge in [-0.1, -0.05) is 27.7 Å². The van der Waals surface area contributed by atoms with Gasteiger partial charge in [-0.05, 0) is 25.8 Å². The molecule has 0 aromatic rings. The maximum absolute atomic E-state index is 3.82. The fourth-order valence-corrected chi connectivity index (χ4v) is 3.80. The minimum atomic E-state index is 0.296. The van der Waals surface area contributed by atoms with Crippen LogP contribution in [0.15, 0.2) is 0 Å². The summed E-state index contributed by atoms with van der Waals surface area (Å²) < 4.78 is 0. The summed E-state index contributed by atoms with van der Waals surface area (Å²) in [7, 11) is 0. The summed E-state index contributed by atoms with van der Waals surface area (Å²) >= 11 is 0. The first kappa shape index (κ1) is 17.9. The third-order valence-corrected chi connectivity index (χ3v) is 5.02. The lowest BCUT2D eigenvalue weighted by molar-refractivity contribution is 0.0436. The number of rotatable bonds is 4. The Labute approximate surface area is 126 Å². The molecule has 0 bridgehead atoms. The quantitative estimate of drug-likeness (QED) is 0.730. The van der Waals surface area contributed by atoms with E-state index in [0.717, 1.165) is 45.8 Å². The van der Waals surface area contributed by atoms with Crippen molar-refractivity contribution < 1.29 is 0 Å². The Bertz CT molecular complexity index is 221. The van der Waals surface area contributed by atoms with Crippen LogP contribution >= 0.6 is 0 Å². The van der Waals surface area contributed by atoms with E-state index in [1.165, 1.54) is 19.3 Å². The van der Waals surface area contributed by atoms with Gasteiger partial charge in [0.2, 0.25) is 0 Å². The second-order valence-corrected chi connectivity index (χ2v) is 5.81. The zero-order valence-electron chi connectivity index (χ0n) is 14.1. The average Bonchev–Trinajstić information content (AvgIpc) is 2.48. The molecule has 1 fully saturated rings. The van der Waals surface area contributed by atoms with E-state index in [9.17, 15) is 0 Å². The zero-order chi connectivity index (χ0) is 14.8. The van der Waals surface area contributed by atoms with Gasteiger partial charge in [0, 0.05) is 50.8 Å². The smallest absolute Gasteiger partial charge is 0.0357 e. The molecule has 1 saturated heterocycles. The third-order valence-electron chi connectivity index (χ3n) is 5.02. The standard InChI is InChI=1S/C16H36N4/c1-5-15-16(6-2,7-3)20(8-4)14-13-18-10-9-17-11-12-19-15/h15,17-19H,5-14H2,1-4H3. The van der Waals surface area contributed by atoms with Crippen molar-refractivity contribution in [3.05, 3.63) is 0 Å². The molecule has 0 spiro atoms. The monoisotopic (exact) mass is 284 g/mol. The molecule has 0 amide bonds. The largest absolute Gasteiger partial charge is 0.314 e. The lowest BCUT2D eigenvalue weighted by atomic mass is 9.81. The van der Waals surface area contributed by atoms with Crippen molar-refractivity contribution in [2.45, 2.75) is 58.5 Å². The van der Waals surface area contributed by atoms with Crippen LogP contribution in [0.25, 0.3) is 0 Å². The van der Waals surface area contributed by atoms with Gasteiger partial charge in [0.1, 0.15) is 0 Å². The van der Waals surface area contributed by atoms with Crippen LogP contribution in [0.4, 0.5) is 0 Å². The zero-order valence-corrected chi connectivity index (χ0v) is 14.1. The molecule has 0 aliphatic carbocycles. The number of likely N-dealkylation sites (N-methyl/N-ethyl adjacent to an activating group) is 1. The Morgan fingerprint density at radius 3 is 2.05 bits per heavy atom. The molecular formula is C16H36N4. The lowest BCUT2D eigenvalue weighted by Crippen LogP contribution is -2.62. The summed E-state index contributed by atoms with van der Waals surface area (Å²) in [5.41, 5.74) is 0.296. The van der Waals surface area contributed by atoms with Crippen LogP contribution < -0.4 is 16.0 Å². The van der Waals surface area contributed by atoms with Crippen molar-refractivity contribution >= 4 is 0 Å². The van der Waals surface area contributed by atoms with Crippen LogP contribution in [0.5, 0.6) is 0 Å². The van der Waals surface area contributed by atoms with E-state index in [2.05, 4.69) is 48.5 Å². The van der Waals surface area contributed by atoms with Crippen LogP contribution in [-0.2, 0) is 0 Å². The van der Waals surface area contributed by atoms with E-state index < -0.39 is 0 Å². The molecule has 1 aliphatic rings. The average molecular weight is 284 g/mol. The van der Waals surface area contributed by atoms with Crippen LogP contribution in [0.2, 0.25) is 0 Å². The van der Waals surface area contributed by atoms with Gasteiger partial charge < -0.3 is 16.0 Å². The van der Waals surface area contributed by atoms with Gasteiger partial charge in [0.15, 0.2) is 0 Å². The molecule has 0 aromatic heterocycles. The number of hydrogen-bond donors (Lipinski definition) is 3. The first-order valence-electron chi connectivity index (χ1n) is 8.64. The van der Waals surface area contributed by atoms with Crippen molar-refractivity contribution in [3.63, 3.8) is 0 Å². The van der Waals surface area contributed by atoms with Gasteiger partial charge in [0.05, 0.1) is 0 Å². The highest BCUT2D eigenvalue weighted by atomic mass is 15.2. The van der Waals surface area contributed by atoms with E-state index in [0.29, 0.717) is 11.6 Å². The van der Waals surface area contributed by atoms with E-state index in [1.54, 1.807) is 0 Å². The molecule has 20 heavy (non-hydrogen) atoms. The Balaban J connectivity index is 2.88. The van der Waals surface area contributed by atoms with Gasteiger partial charge in [-0.2, -0.15) is 0 Å². The molecule has 0 saturated carbocycles. The van der Waals surface area contributed by atoms with Gasteiger partial charge in [-0.25, -0.2) is 0 Å². The van der Waals surface area contributed by atoms with Gasteiger partial charge >= 0.3 is 0 Å². The summed E-state index contributed by atoms with van der Waals surface area (Å²) in [5, 5.41) is 10.9. The molecule has 1 atom stereocenters. The Morgan fingerprint density at radius 1 is 0.900 bits per heavy atom. The molecule has 1 rings (SSSR count). The van der Waals surface area contributed by atoms with Crippen LogP contribution in [-0.4, -0.2) is 62.3 Å². The fourth-order valence-electron chi connectivity index (χ4n) is 3.80. The van der Waals surface area contributed by atoms with Crippen molar-refractivity contribution in [1.82, 2.24) is 20.9 Å².